The average molecular weight is 420 g/mol. The van der Waals surface area contributed by atoms with Gasteiger partial charge in [-0.25, -0.2) is 4.79 Å². The monoisotopic (exact) mass is 419 g/mol. The summed E-state index contributed by atoms with van der Waals surface area (Å²) in [6.07, 6.45) is 0.463. The third-order valence-corrected chi connectivity index (χ3v) is 5.77. The van der Waals surface area contributed by atoms with Gasteiger partial charge in [0.05, 0.1) is 20.3 Å². The van der Waals surface area contributed by atoms with Crippen LogP contribution in [0.1, 0.15) is 39.2 Å². The van der Waals surface area contributed by atoms with Crippen molar-refractivity contribution in [3.05, 3.63) is 46.5 Å². The summed E-state index contributed by atoms with van der Waals surface area (Å²) in [6, 6.07) is 7.65. The summed E-state index contributed by atoms with van der Waals surface area (Å²) in [5.74, 6) is 2.04. The molecule has 0 fully saturated rings. The van der Waals surface area contributed by atoms with Crippen LogP contribution in [0.15, 0.2) is 24.3 Å². The van der Waals surface area contributed by atoms with E-state index in [1.165, 1.54) is 12.7 Å². The Morgan fingerprint density at radius 3 is 2.55 bits per heavy atom. The number of nitrogens with zero attached hydrogens (tertiary/aromatic N) is 1. The normalized spacial score (nSPS) is 21.7. The van der Waals surface area contributed by atoms with E-state index in [1.807, 2.05) is 31.3 Å². The highest BCUT2D eigenvalue weighted by Gasteiger charge is 2.44. The number of rotatable bonds is 3. The summed E-state index contributed by atoms with van der Waals surface area (Å²) >= 11 is 0. The molecule has 0 saturated heterocycles. The molecule has 2 aromatic rings. The van der Waals surface area contributed by atoms with Gasteiger partial charge in [-0.05, 0) is 42.8 Å². The van der Waals surface area contributed by atoms with E-state index in [-0.39, 0.29) is 25.2 Å². The van der Waals surface area contributed by atoms with Gasteiger partial charge in [0.15, 0.2) is 23.0 Å². The van der Waals surface area contributed by atoms with E-state index in [9.17, 15) is 4.79 Å². The lowest BCUT2D eigenvalue weighted by Crippen LogP contribution is -2.36. The Balaban J connectivity index is 0.00000205. The Labute approximate surface area is 174 Å². The van der Waals surface area contributed by atoms with Crippen LogP contribution in [0.4, 0.5) is 0 Å². The maximum Gasteiger partial charge on any atom is 0.343 e. The van der Waals surface area contributed by atoms with Gasteiger partial charge in [0.1, 0.15) is 11.7 Å². The van der Waals surface area contributed by atoms with Crippen molar-refractivity contribution in [1.29, 1.82) is 0 Å². The van der Waals surface area contributed by atoms with Gasteiger partial charge in [-0.15, -0.1) is 12.4 Å². The Bertz CT molecular complexity index is 978. The first-order chi connectivity index (χ1) is 13.6. The molecule has 2 aromatic carbocycles. The molecule has 5 rings (SSSR count). The highest BCUT2D eigenvalue weighted by molar-refractivity contribution is 5.98. The molecule has 2 atom stereocenters. The molecule has 0 N–H and O–H groups in total. The molecule has 0 radical (unpaired) electrons. The SMILES string of the molecule is COc1ccc2c(c1OC)C(=O)OC2C1c2cc3c(cc2CCN1C)OCO3.Cl. The lowest BCUT2D eigenvalue weighted by molar-refractivity contribution is 0.00935. The quantitative estimate of drug-likeness (QED) is 0.707. The number of halogens is 1. The van der Waals surface area contributed by atoms with Crippen molar-refractivity contribution in [2.75, 3.05) is 34.6 Å². The van der Waals surface area contributed by atoms with E-state index < -0.39 is 12.1 Å². The number of hydrogen-bond donors (Lipinski definition) is 0. The smallest absolute Gasteiger partial charge is 0.343 e. The zero-order chi connectivity index (χ0) is 19.4. The maximum atomic E-state index is 12.8. The Kier molecular flexibility index (Phi) is 4.96. The highest BCUT2D eigenvalue weighted by atomic mass is 35.5. The van der Waals surface area contributed by atoms with E-state index in [0.717, 1.165) is 35.6 Å². The second-order valence-corrected chi connectivity index (χ2v) is 7.17. The summed E-state index contributed by atoms with van der Waals surface area (Å²) in [7, 11) is 5.13. The van der Waals surface area contributed by atoms with Crippen LogP contribution in [0.25, 0.3) is 0 Å². The summed E-state index contributed by atoms with van der Waals surface area (Å²) in [4.78, 5) is 15.0. The average Bonchev–Trinajstić information content (AvgIpc) is 3.29. The number of carbonyl (C=O) groups excluding carboxylic acids is 1. The fourth-order valence-electron chi connectivity index (χ4n) is 4.42. The van der Waals surface area contributed by atoms with Crippen LogP contribution >= 0.6 is 12.4 Å². The van der Waals surface area contributed by atoms with Gasteiger partial charge in [0.2, 0.25) is 6.79 Å². The first kappa shape index (κ1) is 19.7. The van der Waals surface area contributed by atoms with E-state index >= 15 is 0 Å². The predicted octanol–water partition coefficient (Wildman–Crippen LogP) is 3.30. The lowest BCUT2D eigenvalue weighted by atomic mass is 9.86. The fraction of sp³-hybridized carbons (Fsp3) is 0.381. The predicted molar refractivity (Wildman–Crippen MR) is 107 cm³/mol. The van der Waals surface area contributed by atoms with Crippen LogP contribution in [0, 0.1) is 0 Å². The zero-order valence-electron chi connectivity index (χ0n) is 16.4. The van der Waals surface area contributed by atoms with Crippen LogP contribution < -0.4 is 18.9 Å². The Morgan fingerprint density at radius 1 is 1.07 bits per heavy atom. The van der Waals surface area contributed by atoms with Crippen LogP contribution in [0.5, 0.6) is 23.0 Å². The van der Waals surface area contributed by atoms with Crippen molar-refractivity contribution in [2.24, 2.45) is 0 Å². The zero-order valence-corrected chi connectivity index (χ0v) is 17.2. The molecular weight excluding hydrogens is 398 g/mol. The number of benzene rings is 2. The molecule has 8 heteroatoms. The van der Waals surface area contributed by atoms with Gasteiger partial charge in [-0.2, -0.15) is 0 Å². The van der Waals surface area contributed by atoms with Gasteiger partial charge >= 0.3 is 5.97 Å². The molecule has 154 valence electrons. The van der Waals surface area contributed by atoms with Crippen LogP contribution in [-0.2, 0) is 11.2 Å². The summed E-state index contributed by atoms with van der Waals surface area (Å²) in [5, 5.41) is 0. The second kappa shape index (κ2) is 7.31. The number of methoxy groups -OCH3 is 2. The Hall–Kier alpha value is -2.64. The molecular formula is C21H22ClNO6. The van der Waals surface area contributed by atoms with Crippen molar-refractivity contribution in [2.45, 2.75) is 18.6 Å². The number of fused-ring (bicyclic) bond motifs is 3. The standard InChI is InChI=1S/C21H21NO6.ClH/c1-22-7-6-11-8-15-16(27-10-26-15)9-13(11)18(22)19-12-4-5-14(24-2)20(25-3)17(12)21(23)28-19;/h4-5,8-9,18-19H,6-7,10H2,1-3H3;1H. The van der Waals surface area contributed by atoms with E-state index in [1.54, 1.807) is 7.11 Å². The molecule has 29 heavy (non-hydrogen) atoms. The first-order valence-electron chi connectivity index (χ1n) is 9.21. The molecule has 0 aliphatic carbocycles. The third kappa shape index (κ3) is 2.88. The molecule has 3 aliphatic heterocycles. The summed E-state index contributed by atoms with van der Waals surface area (Å²) < 4.78 is 27.8. The second-order valence-electron chi connectivity index (χ2n) is 7.17. The minimum absolute atomic E-state index is 0. The van der Waals surface area contributed by atoms with Crippen LogP contribution in [0.3, 0.4) is 0 Å². The van der Waals surface area contributed by atoms with E-state index in [2.05, 4.69) is 4.90 Å². The highest BCUT2D eigenvalue weighted by Crippen LogP contribution is 2.50. The van der Waals surface area contributed by atoms with Crippen molar-refractivity contribution in [1.82, 2.24) is 4.90 Å². The van der Waals surface area contributed by atoms with Crippen molar-refractivity contribution < 1.29 is 28.5 Å². The molecule has 3 aliphatic rings. The molecule has 3 heterocycles. The van der Waals surface area contributed by atoms with Gasteiger partial charge in [-0.1, -0.05) is 6.07 Å². The van der Waals surface area contributed by atoms with E-state index in [4.69, 9.17) is 23.7 Å². The van der Waals surface area contributed by atoms with E-state index in [0.29, 0.717) is 17.1 Å². The molecule has 2 unspecified atom stereocenters. The van der Waals surface area contributed by atoms with Crippen molar-refractivity contribution >= 4 is 18.4 Å². The molecule has 7 nitrogen and oxygen atoms in total. The van der Waals surface area contributed by atoms with Crippen LogP contribution in [-0.4, -0.2) is 45.5 Å². The molecule has 0 spiro atoms. The minimum Gasteiger partial charge on any atom is -0.493 e. The lowest BCUT2D eigenvalue weighted by Gasteiger charge is -2.37. The number of hydrogen-bond acceptors (Lipinski definition) is 7. The largest absolute Gasteiger partial charge is 0.493 e. The van der Waals surface area contributed by atoms with Crippen molar-refractivity contribution in [3.63, 3.8) is 0 Å². The fourth-order valence-corrected chi connectivity index (χ4v) is 4.42. The van der Waals surface area contributed by atoms with Gasteiger partial charge in [0, 0.05) is 12.1 Å². The number of ether oxygens (including phenoxy) is 5. The molecule has 0 aromatic heterocycles. The summed E-state index contributed by atoms with van der Waals surface area (Å²) in [5.41, 5.74) is 3.54. The summed E-state index contributed by atoms with van der Waals surface area (Å²) in [6.45, 7) is 1.09. The molecule has 0 saturated carbocycles. The molecule has 0 bridgehead atoms. The number of likely N-dealkylation sites (N-methyl/N-ethyl adjacent to an activating group) is 1. The number of esters is 1. The number of cyclic esters (lactones) is 1. The van der Waals surface area contributed by atoms with Gasteiger partial charge in [0.25, 0.3) is 0 Å². The Morgan fingerprint density at radius 2 is 1.83 bits per heavy atom. The topological polar surface area (TPSA) is 66.5 Å². The maximum absolute atomic E-state index is 12.8. The van der Waals surface area contributed by atoms with Gasteiger partial charge in [-0.3, -0.25) is 4.90 Å². The number of carbonyl (C=O) groups is 1. The first-order valence-corrected chi connectivity index (χ1v) is 9.21. The van der Waals surface area contributed by atoms with Crippen LogP contribution in [0.2, 0.25) is 0 Å². The van der Waals surface area contributed by atoms with Gasteiger partial charge < -0.3 is 23.7 Å². The van der Waals surface area contributed by atoms with Crippen molar-refractivity contribution in [3.8, 4) is 23.0 Å². The molecule has 0 amide bonds. The minimum atomic E-state index is -0.438. The third-order valence-electron chi connectivity index (χ3n) is 5.77.